The molecule has 6 heteroatoms. The van der Waals surface area contributed by atoms with Crippen molar-refractivity contribution in [2.45, 2.75) is 19.4 Å². The van der Waals surface area contributed by atoms with Crippen molar-refractivity contribution in [3.8, 4) is 0 Å². The summed E-state index contributed by atoms with van der Waals surface area (Å²) in [7, 11) is 5.60. The van der Waals surface area contributed by atoms with E-state index in [4.69, 9.17) is 9.84 Å². The smallest absolute Gasteiger partial charge is 0.311 e. The maximum Gasteiger partial charge on any atom is 0.311 e. The molecular weight excluding hydrogens is 226 g/mol. The third kappa shape index (κ3) is 7.70. The molecule has 0 rings (SSSR count). The molecule has 0 heterocycles. The molecule has 0 aromatic rings. The highest BCUT2D eigenvalue weighted by molar-refractivity contribution is 5.73. The highest BCUT2D eigenvalue weighted by Gasteiger charge is 2.24. The summed E-state index contributed by atoms with van der Waals surface area (Å²) in [5.74, 6) is -2.49. The zero-order valence-corrected chi connectivity index (χ0v) is 10.8. The van der Waals surface area contributed by atoms with E-state index in [0.717, 1.165) is 0 Å². The summed E-state index contributed by atoms with van der Waals surface area (Å²) in [6.45, 7) is 1.57. The van der Waals surface area contributed by atoms with Gasteiger partial charge in [0, 0.05) is 12.4 Å². The Morgan fingerprint density at radius 2 is 1.88 bits per heavy atom. The van der Waals surface area contributed by atoms with Crippen LogP contribution < -0.4 is 5.11 Å². The number of rotatable bonds is 7. The molecule has 0 aromatic heterocycles. The molecule has 0 amide bonds. The Bertz CT molecular complexity index is 272. The minimum atomic E-state index is -1.26. The maximum absolute atomic E-state index is 11.4. The summed E-state index contributed by atoms with van der Waals surface area (Å²) in [6.07, 6.45) is -1.07. The summed E-state index contributed by atoms with van der Waals surface area (Å²) < 4.78 is 5.53. The lowest BCUT2D eigenvalue weighted by molar-refractivity contribution is -0.873. The van der Waals surface area contributed by atoms with Crippen molar-refractivity contribution in [2.24, 2.45) is 5.92 Å². The van der Waals surface area contributed by atoms with E-state index in [1.54, 1.807) is 0 Å². The Labute approximate surface area is 101 Å². The average Bonchev–Trinajstić information content (AvgIpc) is 2.12. The van der Waals surface area contributed by atoms with Crippen molar-refractivity contribution in [1.82, 2.24) is 0 Å². The topological polar surface area (TPSA) is 86.7 Å². The number of aliphatic hydroxyl groups is 1. The van der Waals surface area contributed by atoms with Gasteiger partial charge in [0.05, 0.1) is 33.7 Å². The Balaban J connectivity index is 4.48. The molecule has 0 bridgehead atoms. The maximum atomic E-state index is 11.4. The first-order valence-corrected chi connectivity index (χ1v) is 5.47. The SMILES string of the molecule is CC(CO)C(=O)OC(CC(=O)[O-])C[N+](C)(C)C. The molecule has 2 unspecified atom stereocenters. The molecule has 6 nitrogen and oxygen atoms in total. The molecule has 17 heavy (non-hydrogen) atoms. The van der Waals surface area contributed by atoms with Gasteiger partial charge in [0.1, 0.15) is 6.54 Å². The van der Waals surface area contributed by atoms with Crippen molar-refractivity contribution in [2.75, 3.05) is 34.3 Å². The number of esters is 1. The van der Waals surface area contributed by atoms with Crippen LogP contribution in [0.3, 0.4) is 0 Å². The van der Waals surface area contributed by atoms with Crippen LogP contribution in [0.4, 0.5) is 0 Å². The molecule has 2 atom stereocenters. The van der Waals surface area contributed by atoms with E-state index in [1.807, 2.05) is 21.1 Å². The van der Waals surface area contributed by atoms with E-state index in [1.165, 1.54) is 6.92 Å². The fourth-order valence-electron chi connectivity index (χ4n) is 1.30. The van der Waals surface area contributed by atoms with Gasteiger partial charge in [-0.3, -0.25) is 4.79 Å². The molecule has 0 saturated heterocycles. The first kappa shape index (κ1) is 15.9. The summed E-state index contributed by atoms with van der Waals surface area (Å²) in [5, 5.41) is 19.4. The van der Waals surface area contributed by atoms with Gasteiger partial charge < -0.3 is 24.2 Å². The van der Waals surface area contributed by atoms with Crippen LogP contribution in [0.5, 0.6) is 0 Å². The quantitative estimate of drug-likeness (QED) is 0.431. The van der Waals surface area contributed by atoms with E-state index >= 15 is 0 Å². The molecule has 0 spiro atoms. The van der Waals surface area contributed by atoms with Crippen molar-refractivity contribution in [3.05, 3.63) is 0 Å². The molecule has 0 aliphatic rings. The van der Waals surface area contributed by atoms with E-state index < -0.39 is 24.0 Å². The second-order valence-electron chi connectivity index (χ2n) is 5.19. The van der Waals surface area contributed by atoms with E-state index in [2.05, 4.69) is 0 Å². The van der Waals surface area contributed by atoms with Crippen molar-refractivity contribution < 1.29 is 29.0 Å². The van der Waals surface area contributed by atoms with Crippen molar-refractivity contribution in [1.29, 1.82) is 0 Å². The second-order valence-corrected chi connectivity index (χ2v) is 5.19. The summed E-state index contributed by atoms with van der Waals surface area (Å²) >= 11 is 0. The zero-order valence-electron chi connectivity index (χ0n) is 10.8. The average molecular weight is 247 g/mol. The lowest BCUT2D eigenvalue weighted by Gasteiger charge is -2.29. The Hall–Kier alpha value is -1.14. The van der Waals surface area contributed by atoms with Gasteiger partial charge in [-0.1, -0.05) is 0 Å². The normalized spacial score (nSPS) is 15.1. The molecule has 0 aliphatic heterocycles. The number of aliphatic hydroxyl groups excluding tert-OH is 1. The van der Waals surface area contributed by atoms with Gasteiger partial charge in [-0.25, -0.2) is 0 Å². The highest BCUT2D eigenvalue weighted by atomic mass is 16.5. The number of carbonyl (C=O) groups excluding carboxylic acids is 2. The van der Waals surface area contributed by atoms with E-state index in [-0.39, 0.29) is 13.0 Å². The molecule has 100 valence electrons. The summed E-state index contributed by atoms with van der Waals surface area (Å²) in [5.41, 5.74) is 0. The second kappa shape index (κ2) is 6.56. The number of carboxylic acid groups (broad SMARTS) is 1. The van der Waals surface area contributed by atoms with Gasteiger partial charge in [-0.05, 0) is 6.92 Å². The van der Waals surface area contributed by atoms with Crippen LogP contribution >= 0.6 is 0 Å². The van der Waals surface area contributed by atoms with Crippen LogP contribution in [0.1, 0.15) is 13.3 Å². The minimum absolute atomic E-state index is 0.318. The Kier molecular flexibility index (Phi) is 6.12. The minimum Gasteiger partial charge on any atom is -0.550 e. The number of nitrogens with zero attached hydrogens (tertiary/aromatic N) is 1. The summed E-state index contributed by atoms with van der Waals surface area (Å²) in [4.78, 5) is 22.0. The summed E-state index contributed by atoms with van der Waals surface area (Å²) in [6, 6.07) is 0. The standard InChI is InChI=1S/C11H21NO5/c1-8(7-13)11(16)17-9(5-10(14)15)6-12(2,3)4/h8-9,13H,5-7H2,1-4H3. The van der Waals surface area contributed by atoms with Gasteiger partial charge in [0.15, 0.2) is 6.10 Å². The van der Waals surface area contributed by atoms with Gasteiger partial charge in [-0.2, -0.15) is 0 Å². The largest absolute Gasteiger partial charge is 0.550 e. The first-order chi connectivity index (χ1) is 7.65. The molecule has 0 fully saturated rings. The Morgan fingerprint density at radius 1 is 1.35 bits per heavy atom. The van der Waals surface area contributed by atoms with Crippen molar-refractivity contribution >= 4 is 11.9 Å². The van der Waals surface area contributed by atoms with E-state index in [9.17, 15) is 14.7 Å². The predicted octanol–water partition coefficient (Wildman–Crippen LogP) is -1.63. The molecule has 1 N–H and O–H groups in total. The number of likely N-dealkylation sites (N-methyl/N-ethyl adjacent to an activating group) is 1. The van der Waals surface area contributed by atoms with Gasteiger partial charge >= 0.3 is 5.97 Å². The number of hydrogen-bond donors (Lipinski definition) is 1. The monoisotopic (exact) mass is 247 g/mol. The molecule has 0 saturated carbocycles. The van der Waals surface area contributed by atoms with E-state index in [0.29, 0.717) is 11.0 Å². The highest BCUT2D eigenvalue weighted by Crippen LogP contribution is 2.08. The van der Waals surface area contributed by atoms with Crippen molar-refractivity contribution in [3.63, 3.8) is 0 Å². The van der Waals surface area contributed by atoms with Crippen LogP contribution in [0.25, 0.3) is 0 Å². The van der Waals surface area contributed by atoms with Gasteiger partial charge in [-0.15, -0.1) is 0 Å². The zero-order chi connectivity index (χ0) is 13.6. The third-order valence-corrected chi connectivity index (χ3v) is 2.10. The van der Waals surface area contributed by atoms with Crippen LogP contribution in [0.15, 0.2) is 0 Å². The van der Waals surface area contributed by atoms with Crippen LogP contribution in [0.2, 0.25) is 0 Å². The lowest BCUT2D eigenvalue weighted by atomic mass is 10.2. The number of carboxylic acids is 1. The molecular formula is C11H21NO5. The third-order valence-electron chi connectivity index (χ3n) is 2.10. The Morgan fingerprint density at radius 3 is 2.24 bits per heavy atom. The van der Waals surface area contributed by atoms with Crippen LogP contribution in [-0.2, 0) is 14.3 Å². The number of aliphatic carboxylic acids is 1. The van der Waals surface area contributed by atoms with Crippen LogP contribution in [0, 0.1) is 5.92 Å². The predicted molar refractivity (Wildman–Crippen MR) is 58.7 cm³/mol. The van der Waals surface area contributed by atoms with Crippen LogP contribution in [-0.4, -0.2) is 61.9 Å². The van der Waals surface area contributed by atoms with Gasteiger partial charge in [0.2, 0.25) is 0 Å². The number of quaternary nitrogens is 1. The lowest BCUT2D eigenvalue weighted by Crippen LogP contribution is -2.45. The number of ether oxygens (including phenoxy) is 1. The molecule has 0 aromatic carbocycles. The number of carbonyl (C=O) groups is 2. The molecule has 0 radical (unpaired) electrons. The molecule has 0 aliphatic carbocycles. The fourth-order valence-corrected chi connectivity index (χ4v) is 1.30. The number of hydrogen-bond acceptors (Lipinski definition) is 5. The first-order valence-electron chi connectivity index (χ1n) is 5.47. The fraction of sp³-hybridized carbons (Fsp3) is 0.818. The van der Waals surface area contributed by atoms with Gasteiger partial charge in [0.25, 0.3) is 0 Å².